The van der Waals surface area contributed by atoms with E-state index in [0.29, 0.717) is 6.54 Å². The lowest BCUT2D eigenvalue weighted by Crippen LogP contribution is -2.32. The second-order valence-electron chi connectivity index (χ2n) is 4.44. The van der Waals surface area contributed by atoms with E-state index in [-0.39, 0.29) is 0 Å². The first-order valence-electron chi connectivity index (χ1n) is 5.72. The topological polar surface area (TPSA) is 37.4 Å². The minimum Gasteiger partial charge on any atom is -0.265 e. The third-order valence-corrected chi connectivity index (χ3v) is 4.32. The smallest absolute Gasteiger partial charge is 0.232 e. The summed E-state index contributed by atoms with van der Waals surface area (Å²) in [5, 5.41) is 0. The minimum atomic E-state index is -3.25. The van der Waals surface area contributed by atoms with Crippen LogP contribution < -0.4 is 4.31 Å². The van der Waals surface area contributed by atoms with Crippen molar-refractivity contribution in [3.8, 4) is 11.1 Å². The molecule has 1 aliphatic heterocycles. The highest BCUT2D eigenvalue weighted by Crippen LogP contribution is 2.39. The van der Waals surface area contributed by atoms with Crippen LogP contribution in [0.1, 0.15) is 5.56 Å². The van der Waals surface area contributed by atoms with Gasteiger partial charge in [0.05, 0.1) is 18.5 Å². The summed E-state index contributed by atoms with van der Waals surface area (Å²) in [6.45, 7) is 0.409. The van der Waals surface area contributed by atoms with Crippen LogP contribution in [0.5, 0.6) is 0 Å². The number of fused-ring (bicyclic) bond motifs is 3. The largest absolute Gasteiger partial charge is 0.265 e. The average molecular weight is 259 g/mol. The number of benzene rings is 2. The minimum absolute atomic E-state index is 0.409. The molecule has 0 radical (unpaired) electrons. The maximum Gasteiger partial charge on any atom is 0.232 e. The van der Waals surface area contributed by atoms with Gasteiger partial charge in [0.1, 0.15) is 0 Å². The number of rotatable bonds is 1. The lowest BCUT2D eigenvalue weighted by Gasteiger charge is -2.30. The normalized spacial score (nSPS) is 13.9. The van der Waals surface area contributed by atoms with Crippen molar-refractivity contribution < 1.29 is 8.42 Å². The molecule has 0 N–H and O–H groups in total. The summed E-state index contributed by atoms with van der Waals surface area (Å²) in [5.74, 6) is 0. The quantitative estimate of drug-likeness (QED) is 0.789. The molecule has 4 heteroatoms. The van der Waals surface area contributed by atoms with Crippen molar-refractivity contribution in [1.82, 2.24) is 0 Å². The Morgan fingerprint density at radius 3 is 2.28 bits per heavy atom. The Labute approximate surface area is 107 Å². The molecule has 0 fully saturated rings. The summed E-state index contributed by atoms with van der Waals surface area (Å²) in [5.41, 5.74) is 3.90. The van der Waals surface area contributed by atoms with Crippen molar-refractivity contribution in [3.05, 3.63) is 54.1 Å². The van der Waals surface area contributed by atoms with Gasteiger partial charge in [0.15, 0.2) is 0 Å². The van der Waals surface area contributed by atoms with Gasteiger partial charge in [-0.3, -0.25) is 4.31 Å². The van der Waals surface area contributed by atoms with Crippen molar-refractivity contribution >= 4 is 15.7 Å². The maximum absolute atomic E-state index is 11.9. The molecule has 0 bridgehead atoms. The van der Waals surface area contributed by atoms with Crippen LogP contribution in [0, 0.1) is 0 Å². The van der Waals surface area contributed by atoms with Crippen molar-refractivity contribution in [2.75, 3.05) is 10.6 Å². The Morgan fingerprint density at radius 2 is 1.56 bits per heavy atom. The zero-order chi connectivity index (χ0) is 12.8. The Kier molecular flexibility index (Phi) is 2.41. The van der Waals surface area contributed by atoms with Crippen LogP contribution in [0.15, 0.2) is 48.5 Å². The van der Waals surface area contributed by atoms with Crippen LogP contribution >= 0.6 is 0 Å². The summed E-state index contributed by atoms with van der Waals surface area (Å²) < 4.78 is 25.2. The van der Waals surface area contributed by atoms with E-state index in [1.54, 1.807) is 0 Å². The van der Waals surface area contributed by atoms with E-state index in [4.69, 9.17) is 0 Å². The van der Waals surface area contributed by atoms with Gasteiger partial charge >= 0.3 is 0 Å². The van der Waals surface area contributed by atoms with Crippen molar-refractivity contribution in [2.24, 2.45) is 0 Å². The first-order chi connectivity index (χ1) is 8.57. The molecular formula is C14H13NO2S. The molecule has 1 heterocycles. The lowest BCUT2D eigenvalue weighted by atomic mass is 9.95. The number of hydrogen-bond acceptors (Lipinski definition) is 2. The predicted molar refractivity (Wildman–Crippen MR) is 72.9 cm³/mol. The monoisotopic (exact) mass is 259 g/mol. The molecule has 0 saturated carbocycles. The van der Waals surface area contributed by atoms with Crippen LogP contribution in [-0.2, 0) is 16.6 Å². The molecule has 0 saturated heterocycles. The Morgan fingerprint density at radius 1 is 0.944 bits per heavy atom. The Hall–Kier alpha value is -1.81. The summed E-state index contributed by atoms with van der Waals surface area (Å²) >= 11 is 0. The third kappa shape index (κ3) is 1.69. The second-order valence-corrected chi connectivity index (χ2v) is 6.35. The van der Waals surface area contributed by atoms with Gasteiger partial charge in [0.2, 0.25) is 10.0 Å². The highest BCUT2D eigenvalue weighted by atomic mass is 32.2. The third-order valence-electron chi connectivity index (χ3n) is 3.19. The highest BCUT2D eigenvalue weighted by Gasteiger charge is 2.26. The Bertz CT molecular complexity index is 707. The summed E-state index contributed by atoms with van der Waals surface area (Å²) in [4.78, 5) is 0. The first-order valence-corrected chi connectivity index (χ1v) is 7.57. The van der Waals surface area contributed by atoms with Crippen LogP contribution in [0.4, 0.5) is 5.69 Å². The van der Waals surface area contributed by atoms with Crippen LogP contribution in [0.25, 0.3) is 11.1 Å². The van der Waals surface area contributed by atoms with Crippen molar-refractivity contribution in [3.63, 3.8) is 0 Å². The van der Waals surface area contributed by atoms with Gasteiger partial charge in [0.25, 0.3) is 0 Å². The fourth-order valence-electron chi connectivity index (χ4n) is 2.38. The maximum atomic E-state index is 11.9. The van der Waals surface area contributed by atoms with Gasteiger partial charge in [-0.1, -0.05) is 42.5 Å². The molecule has 3 nitrogen and oxygen atoms in total. The molecule has 0 atom stereocenters. The zero-order valence-electron chi connectivity index (χ0n) is 10.00. The van der Waals surface area contributed by atoms with Crippen LogP contribution in [0.2, 0.25) is 0 Å². The van der Waals surface area contributed by atoms with E-state index in [1.165, 1.54) is 10.6 Å². The van der Waals surface area contributed by atoms with E-state index in [0.717, 1.165) is 22.4 Å². The molecule has 3 rings (SSSR count). The van der Waals surface area contributed by atoms with Gasteiger partial charge in [-0.15, -0.1) is 0 Å². The van der Waals surface area contributed by atoms with E-state index < -0.39 is 10.0 Å². The van der Waals surface area contributed by atoms with Gasteiger partial charge in [-0.2, -0.15) is 0 Å². The fraction of sp³-hybridized carbons (Fsp3) is 0.143. The standard InChI is InChI=1S/C14H13NO2S/c1-18(16,17)15-10-11-6-2-3-7-12(11)13-8-4-5-9-14(13)15/h2-9H,10H2,1H3. The Balaban J connectivity index is 2.30. The summed E-state index contributed by atoms with van der Waals surface area (Å²) in [6.07, 6.45) is 1.25. The highest BCUT2D eigenvalue weighted by molar-refractivity contribution is 7.92. The molecule has 18 heavy (non-hydrogen) atoms. The molecular weight excluding hydrogens is 246 g/mol. The van der Waals surface area contributed by atoms with E-state index in [2.05, 4.69) is 0 Å². The first kappa shape index (κ1) is 11.3. The number of nitrogens with zero attached hydrogens (tertiary/aromatic N) is 1. The fourth-order valence-corrected chi connectivity index (χ4v) is 3.27. The molecule has 0 unspecified atom stereocenters. The van der Waals surface area contributed by atoms with E-state index in [9.17, 15) is 8.42 Å². The SMILES string of the molecule is CS(=O)(=O)N1Cc2ccccc2-c2ccccc21. The van der Waals surface area contributed by atoms with Crippen molar-refractivity contribution in [2.45, 2.75) is 6.54 Å². The van der Waals surface area contributed by atoms with Crippen molar-refractivity contribution in [1.29, 1.82) is 0 Å². The second kappa shape index (κ2) is 3.85. The van der Waals surface area contributed by atoms with E-state index >= 15 is 0 Å². The van der Waals surface area contributed by atoms with Crippen LogP contribution in [0.3, 0.4) is 0 Å². The predicted octanol–water partition coefficient (Wildman–Crippen LogP) is 2.63. The molecule has 0 spiro atoms. The molecule has 2 aromatic rings. The number of anilines is 1. The molecule has 0 aromatic heterocycles. The molecule has 0 aliphatic carbocycles. The van der Waals surface area contributed by atoms with Crippen LogP contribution in [-0.4, -0.2) is 14.7 Å². The zero-order valence-corrected chi connectivity index (χ0v) is 10.8. The molecule has 2 aromatic carbocycles. The number of sulfonamides is 1. The summed E-state index contributed by atoms with van der Waals surface area (Å²) in [6, 6.07) is 15.5. The van der Waals surface area contributed by atoms with Gasteiger partial charge in [-0.05, 0) is 17.2 Å². The summed E-state index contributed by atoms with van der Waals surface area (Å²) in [7, 11) is -3.25. The van der Waals surface area contributed by atoms with Gasteiger partial charge in [0, 0.05) is 5.56 Å². The number of para-hydroxylation sites is 1. The van der Waals surface area contributed by atoms with Gasteiger partial charge in [-0.25, -0.2) is 8.42 Å². The molecule has 1 aliphatic rings. The lowest BCUT2D eigenvalue weighted by molar-refractivity contribution is 0.596. The average Bonchev–Trinajstić information content (AvgIpc) is 2.37. The molecule has 92 valence electrons. The van der Waals surface area contributed by atoms with E-state index in [1.807, 2.05) is 48.5 Å². The number of hydrogen-bond donors (Lipinski definition) is 0. The van der Waals surface area contributed by atoms with Gasteiger partial charge < -0.3 is 0 Å². The molecule has 0 amide bonds.